The third kappa shape index (κ3) is 7.59. The van der Waals surface area contributed by atoms with E-state index in [0.29, 0.717) is 11.8 Å². The van der Waals surface area contributed by atoms with Gasteiger partial charge in [0.2, 0.25) is 5.91 Å². The van der Waals surface area contributed by atoms with Gasteiger partial charge < -0.3 is 5.32 Å². The van der Waals surface area contributed by atoms with E-state index in [1.807, 2.05) is 12.2 Å². The van der Waals surface area contributed by atoms with Gasteiger partial charge in [0, 0.05) is 14.0 Å². The van der Waals surface area contributed by atoms with Crippen molar-refractivity contribution in [2.75, 3.05) is 0 Å². The third-order valence-electron chi connectivity index (χ3n) is 1.49. The van der Waals surface area contributed by atoms with E-state index in [0.717, 1.165) is 5.70 Å². The summed E-state index contributed by atoms with van der Waals surface area (Å²) in [5, 5.41) is 2.80. The van der Waals surface area contributed by atoms with Crippen LogP contribution in [0, 0.1) is 11.8 Å². The molecule has 2 heteroatoms. The first kappa shape index (κ1) is 12.9. The highest BCUT2D eigenvalue weighted by Gasteiger charge is 1.97. The Hall–Kier alpha value is -1.05. The van der Waals surface area contributed by atoms with Gasteiger partial charge in [-0.25, -0.2) is 0 Å². The molecule has 0 saturated heterocycles. The van der Waals surface area contributed by atoms with Gasteiger partial charge in [0.15, 0.2) is 0 Å². The summed E-state index contributed by atoms with van der Waals surface area (Å²) in [5.74, 6) is 0.915. The molecule has 0 spiro atoms. The van der Waals surface area contributed by atoms with E-state index in [-0.39, 0.29) is 7.33 Å². The van der Waals surface area contributed by atoms with E-state index < -0.39 is 0 Å². The molecule has 0 heterocycles. The molecule has 0 aliphatic rings. The second kappa shape index (κ2) is 6.41. The quantitative estimate of drug-likeness (QED) is 0.689. The average molecular weight is 197 g/mol. The second-order valence-electron chi connectivity index (χ2n) is 4.15. The first-order valence-electron chi connectivity index (χ1n) is 5.09. The summed E-state index contributed by atoms with van der Waals surface area (Å²) in [5.41, 5.74) is 0.890. The van der Waals surface area contributed by atoms with Gasteiger partial charge in [0.25, 0.3) is 0 Å². The van der Waals surface area contributed by atoms with Gasteiger partial charge in [-0.2, -0.15) is 0 Å². The van der Waals surface area contributed by atoms with E-state index in [2.05, 4.69) is 39.1 Å². The fraction of sp³-hybridized carbons (Fsp3) is 0.583. The Labute approximate surface area is 88.6 Å². The molecule has 0 aromatic rings. The molecule has 0 bridgehead atoms. The normalized spacial score (nSPS) is 12.9. The fourth-order valence-electron chi connectivity index (χ4n) is 0.997. The maximum Gasteiger partial charge on any atom is 0.221 e. The summed E-state index contributed by atoms with van der Waals surface area (Å²) in [6.07, 6.45) is 6.08. The van der Waals surface area contributed by atoms with Crippen LogP contribution in [-0.4, -0.2) is 5.91 Å². The van der Waals surface area contributed by atoms with Crippen molar-refractivity contribution in [3.05, 3.63) is 23.9 Å². The highest BCUT2D eigenvalue weighted by molar-refractivity contribution is 5.75. The van der Waals surface area contributed by atoms with Gasteiger partial charge in [0.1, 0.15) is 0 Å². The largest absolute Gasteiger partial charge is 0.327 e. The van der Waals surface area contributed by atoms with Gasteiger partial charge >= 0.3 is 0 Å². The standard InChI is InChI=1S/C12H21NO.H2/c1-9(2)6-7-12(8-10(3)4)13-11(5)14;/h6-10H,1-5H3,(H,13,14);1H/b7-6-,12-8+;. The zero-order valence-corrected chi connectivity index (χ0v) is 9.79. The number of carbonyl (C=O) groups is 1. The Balaban J connectivity index is 0. The van der Waals surface area contributed by atoms with Crippen molar-refractivity contribution in [2.24, 2.45) is 11.8 Å². The molecule has 2 nitrogen and oxygen atoms in total. The second-order valence-corrected chi connectivity index (χ2v) is 4.15. The Morgan fingerprint density at radius 3 is 2.14 bits per heavy atom. The predicted octanol–water partition coefficient (Wildman–Crippen LogP) is 3.12. The van der Waals surface area contributed by atoms with Gasteiger partial charge in [0.05, 0.1) is 0 Å². The van der Waals surface area contributed by atoms with Gasteiger partial charge in [-0.05, 0) is 17.9 Å². The molecular formula is C12H23NO. The van der Waals surface area contributed by atoms with Crippen LogP contribution in [0.4, 0.5) is 0 Å². The van der Waals surface area contributed by atoms with Gasteiger partial charge in [-0.1, -0.05) is 39.8 Å². The highest BCUT2D eigenvalue weighted by atomic mass is 16.1. The molecule has 0 aromatic carbocycles. The minimum Gasteiger partial charge on any atom is -0.327 e. The van der Waals surface area contributed by atoms with Crippen LogP contribution in [0.25, 0.3) is 0 Å². The van der Waals surface area contributed by atoms with Crippen LogP contribution >= 0.6 is 0 Å². The van der Waals surface area contributed by atoms with Crippen molar-refractivity contribution in [1.82, 2.24) is 5.32 Å². The molecule has 0 radical (unpaired) electrons. The Kier molecular flexibility index (Phi) is 5.93. The Morgan fingerprint density at radius 2 is 1.79 bits per heavy atom. The predicted molar refractivity (Wildman–Crippen MR) is 62.8 cm³/mol. The number of amides is 1. The van der Waals surface area contributed by atoms with Crippen LogP contribution in [0.15, 0.2) is 23.9 Å². The van der Waals surface area contributed by atoms with Crippen LogP contribution in [0.2, 0.25) is 0 Å². The maximum atomic E-state index is 10.9. The summed E-state index contributed by atoms with van der Waals surface area (Å²) in [6, 6.07) is 0. The zero-order chi connectivity index (χ0) is 11.1. The van der Waals surface area contributed by atoms with Crippen molar-refractivity contribution in [3.8, 4) is 0 Å². The zero-order valence-electron chi connectivity index (χ0n) is 9.79. The fourth-order valence-corrected chi connectivity index (χ4v) is 0.997. The SMILES string of the molecule is CC(=O)NC(/C=C\C(C)C)=C/C(C)C.[HH]. The summed E-state index contributed by atoms with van der Waals surface area (Å²) in [6.45, 7) is 9.92. The Morgan fingerprint density at radius 1 is 1.21 bits per heavy atom. The van der Waals surface area contributed by atoms with Crippen LogP contribution < -0.4 is 5.32 Å². The van der Waals surface area contributed by atoms with Crippen LogP contribution in [0.5, 0.6) is 0 Å². The summed E-state index contributed by atoms with van der Waals surface area (Å²) >= 11 is 0. The smallest absolute Gasteiger partial charge is 0.221 e. The molecule has 1 amide bonds. The first-order chi connectivity index (χ1) is 6.41. The van der Waals surface area contributed by atoms with Crippen LogP contribution in [0.3, 0.4) is 0 Å². The molecule has 0 fully saturated rings. The van der Waals surface area contributed by atoms with Crippen molar-refractivity contribution in [1.29, 1.82) is 0 Å². The van der Waals surface area contributed by atoms with Crippen LogP contribution in [-0.2, 0) is 4.79 Å². The number of nitrogens with one attached hydrogen (secondary N) is 1. The third-order valence-corrected chi connectivity index (χ3v) is 1.49. The molecule has 1 N–H and O–H groups in total. The van der Waals surface area contributed by atoms with E-state index in [1.54, 1.807) is 0 Å². The number of hydrogen-bond acceptors (Lipinski definition) is 1. The molecule has 14 heavy (non-hydrogen) atoms. The first-order valence-corrected chi connectivity index (χ1v) is 5.09. The van der Waals surface area contributed by atoms with Gasteiger partial charge in [-0.15, -0.1) is 0 Å². The molecule has 82 valence electrons. The van der Waals surface area contributed by atoms with Crippen molar-refractivity contribution < 1.29 is 6.22 Å². The minimum atomic E-state index is -0.0229. The lowest BCUT2D eigenvalue weighted by Crippen LogP contribution is -2.18. The lowest BCUT2D eigenvalue weighted by Gasteiger charge is -2.05. The maximum absolute atomic E-state index is 10.9. The van der Waals surface area contributed by atoms with E-state index in [1.165, 1.54) is 6.92 Å². The van der Waals surface area contributed by atoms with E-state index >= 15 is 0 Å². The number of rotatable bonds is 4. The molecule has 0 rings (SSSR count). The van der Waals surface area contributed by atoms with E-state index in [4.69, 9.17) is 0 Å². The number of carbonyl (C=O) groups excluding carboxylic acids is 1. The molecule has 0 aliphatic carbocycles. The topological polar surface area (TPSA) is 29.1 Å². The number of allylic oxidation sites excluding steroid dienone is 3. The van der Waals surface area contributed by atoms with Gasteiger partial charge in [-0.3, -0.25) is 4.79 Å². The highest BCUT2D eigenvalue weighted by Crippen LogP contribution is 2.03. The summed E-state index contributed by atoms with van der Waals surface area (Å²) in [4.78, 5) is 10.9. The molecule has 0 atom stereocenters. The average Bonchev–Trinajstić information content (AvgIpc) is 1.97. The molecule has 0 saturated carbocycles. The van der Waals surface area contributed by atoms with E-state index in [9.17, 15) is 4.79 Å². The molecule has 0 aromatic heterocycles. The number of hydrogen-bond donors (Lipinski definition) is 1. The Bertz CT molecular complexity index is 242. The van der Waals surface area contributed by atoms with Crippen molar-refractivity contribution >= 4 is 5.91 Å². The summed E-state index contributed by atoms with van der Waals surface area (Å²) in [7, 11) is 0. The lowest BCUT2D eigenvalue weighted by atomic mass is 10.1. The molecule has 0 unspecified atom stereocenters. The molecular weight excluding hydrogens is 174 g/mol. The molecule has 0 aliphatic heterocycles. The minimum absolute atomic E-state index is 0. The van der Waals surface area contributed by atoms with Crippen molar-refractivity contribution in [2.45, 2.75) is 34.6 Å². The van der Waals surface area contributed by atoms with Crippen LogP contribution in [0.1, 0.15) is 36.0 Å². The van der Waals surface area contributed by atoms with Crippen molar-refractivity contribution in [3.63, 3.8) is 0 Å². The monoisotopic (exact) mass is 197 g/mol. The summed E-state index contributed by atoms with van der Waals surface area (Å²) < 4.78 is 0. The lowest BCUT2D eigenvalue weighted by molar-refractivity contribution is -0.118.